The van der Waals surface area contributed by atoms with Gasteiger partial charge in [0.25, 0.3) is 0 Å². The van der Waals surface area contributed by atoms with Crippen molar-refractivity contribution in [3.8, 4) is 11.5 Å². The van der Waals surface area contributed by atoms with E-state index in [1.807, 2.05) is 0 Å². The molecule has 0 bridgehead atoms. The van der Waals surface area contributed by atoms with Crippen LogP contribution in [-0.4, -0.2) is 25.0 Å². The van der Waals surface area contributed by atoms with E-state index in [-0.39, 0.29) is 11.5 Å². The van der Waals surface area contributed by atoms with E-state index >= 15 is 0 Å². The highest BCUT2D eigenvalue weighted by molar-refractivity contribution is 6.14. The van der Waals surface area contributed by atoms with Crippen LogP contribution >= 0.6 is 0 Å². The monoisotopic (exact) mass is 342 g/mol. The number of esters is 1. The van der Waals surface area contributed by atoms with Gasteiger partial charge in [0.2, 0.25) is 5.78 Å². The number of rotatable bonds is 4. The summed E-state index contributed by atoms with van der Waals surface area (Å²) in [5.41, 5.74) is 0.896. The summed E-state index contributed by atoms with van der Waals surface area (Å²) in [5.74, 6) is -0.418. The summed E-state index contributed by atoms with van der Waals surface area (Å²) in [4.78, 5) is 23.8. The van der Waals surface area contributed by atoms with Gasteiger partial charge in [0.05, 0.1) is 12.7 Å². The van der Waals surface area contributed by atoms with Crippen LogP contribution in [0, 0.1) is 5.82 Å². The van der Waals surface area contributed by atoms with Crippen molar-refractivity contribution in [3.63, 3.8) is 0 Å². The Hall–Kier alpha value is -3.15. The van der Waals surface area contributed by atoms with Crippen molar-refractivity contribution in [2.45, 2.75) is 13.0 Å². The minimum Gasteiger partial charge on any atom is -0.479 e. The van der Waals surface area contributed by atoms with Crippen LogP contribution in [-0.2, 0) is 9.53 Å². The van der Waals surface area contributed by atoms with E-state index in [4.69, 9.17) is 9.47 Å². The number of hydrogen-bond acceptors (Lipinski definition) is 5. The molecule has 0 aliphatic carbocycles. The van der Waals surface area contributed by atoms with Gasteiger partial charge >= 0.3 is 5.97 Å². The Morgan fingerprint density at radius 2 is 2.04 bits per heavy atom. The average Bonchev–Trinajstić information content (AvgIpc) is 2.89. The highest BCUT2D eigenvalue weighted by Gasteiger charge is 2.28. The summed E-state index contributed by atoms with van der Waals surface area (Å²) in [5, 5.41) is 0. The maximum absolute atomic E-state index is 13.3. The van der Waals surface area contributed by atoms with Crippen molar-refractivity contribution in [1.82, 2.24) is 0 Å². The van der Waals surface area contributed by atoms with Gasteiger partial charge in [-0.25, -0.2) is 9.18 Å². The maximum atomic E-state index is 13.3. The van der Waals surface area contributed by atoms with Crippen molar-refractivity contribution in [1.29, 1.82) is 0 Å². The molecular formula is C19H15FO5. The second-order valence-electron chi connectivity index (χ2n) is 5.44. The normalized spacial score (nSPS) is 15.5. The van der Waals surface area contributed by atoms with Gasteiger partial charge in [0, 0.05) is 6.07 Å². The quantitative estimate of drug-likeness (QED) is 0.630. The number of benzene rings is 2. The number of carbonyl (C=O) groups excluding carboxylic acids is 2. The fourth-order valence-electron chi connectivity index (χ4n) is 2.41. The van der Waals surface area contributed by atoms with Crippen LogP contribution in [0.15, 0.2) is 48.2 Å². The topological polar surface area (TPSA) is 61.8 Å². The lowest BCUT2D eigenvalue weighted by atomic mass is 10.1. The first-order valence-electron chi connectivity index (χ1n) is 7.56. The van der Waals surface area contributed by atoms with E-state index in [0.717, 1.165) is 0 Å². The number of fused-ring (bicyclic) bond motifs is 1. The molecule has 1 aliphatic rings. The molecule has 128 valence electrons. The van der Waals surface area contributed by atoms with Gasteiger partial charge in [0.1, 0.15) is 17.3 Å². The molecule has 3 rings (SSSR count). The van der Waals surface area contributed by atoms with E-state index in [0.29, 0.717) is 22.6 Å². The second kappa shape index (κ2) is 6.76. The van der Waals surface area contributed by atoms with Gasteiger partial charge in [-0.3, -0.25) is 4.79 Å². The minimum absolute atomic E-state index is 0.0961. The van der Waals surface area contributed by atoms with Gasteiger partial charge in [-0.2, -0.15) is 0 Å². The Balaban J connectivity index is 1.83. The molecular weight excluding hydrogens is 327 g/mol. The van der Waals surface area contributed by atoms with Gasteiger partial charge in [-0.1, -0.05) is 12.1 Å². The number of carbonyl (C=O) groups is 2. The first-order chi connectivity index (χ1) is 12.0. The van der Waals surface area contributed by atoms with Crippen LogP contribution in [0.2, 0.25) is 0 Å². The Labute approximate surface area is 143 Å². The molecule has 25 heavy (non-hydrogen) atoms. The van der Waals surface area contributed by atoms with Crippen molar-refractivity contribution in [3.05, 3.63) is 65.2 Å². The lowest BCUT2D eigenvalue weighted by Gasteiger charge is -2.12. The summed E-state index contributed by atoms with van der Waals surface area (Å²) in [6, 6.07) is 10.5. The molecule has 0 fully saturated rings. The third kappa shape index (κ3) is 3.52. The lowest BCUT2D eigenvalue weighted by Crippen LogP contribution is -2.24. The van der Waals surface area contributed by atoms with Crippen molar-refractivity contribution in [2.24, 2.45) is 0 Å². The second-order valence-corrected chi connectivity index (χ2v) is 5.44. The molecule has 0 amide bonds. The molecule has 0 spiro atoms. The third-order valence-electron chi connectivity index (χ3n) is 3.63. The van der Waals surface area contributed by atoms with E-state index in [9.17, 15) is 14.0 Å². The first kappa shape index (κ1) is 16.7. The standard InChI is InChI=1S/C19H15FO5/c1-11(19(22)23-2)24-14-6-7-15-16(10-14)25-17(18(15)21)9-12-4-3-5-13(20)8-12/h3-11H,1-2H3/b17-9-. The SMILES string of the molecule is COC(=O)C(C)Oc1ccc2c(c1)O/C(=C\c1cccc(F)c1)C2=O. The summed E-state index contributed by atoms with van der Waals surface area (Å²) in [7, 11) is 1.27. The number of hydrogen-bond donors (Lipinski definition) is 0. The van der Waals surface area contributed by atoms with Gasteiger partial charge in [0.15, 0.2) is 11.9 Å². The molecule has 0 radical (unpaired) electrons. The first-order valence-corrected chi connectivity index (χ1v) is 7.56. The van der Waals surface area contributed by atoms with Gasteiger partial charge in [-0.15, -0.1) is 0 Å². The van der Waals surface area contributed by atoms with Crippen molar-refractivity contribution in [2.75, 3.05) is 7.11 Å². The van der Waals surface area contributed by atoms with Crippen molar-refractivity contribution < 1.29 is 28.2 Å². The Morgan fingerprint density at radius 3 is 2.76 bits per heavy atom. The number of allylic oxidation sites excluding steroid dienone is 1. The molecule has 0 saturated heterocycles. The third-order valence-corrected chi connectivity index (χ3v) is 3.63. The predicted octanol–water partition coefficient (Wildman–Crippen LogP) is 3.38. The van der Waals surface area contributed by atoms with Crippen LogP contribution in [0.1, 0.15) is 22.8 Å². The van der Waals surface area contributed by atoms with Crippen LogP contribution < -0.4 is 9.47 Å². The predicted molar refractivity (Wildman–Crippen MR) is 87.9 cm³/mol. The Kier molecular flexibility index (Phi) is 4.52. The fraction of sp³-hybridized carbons (Fsp3) is 0.158. The highest BCUT2D eigenvalue weighted by Crippen LogP contribution is 2.35. The molecule has 1 aliphatic heterocycles. The summed E-state index contributed by atoms with van der Waals surface area (Å²) < 4.78 is 28.9. The summed E-state index contributed by atoms with van der Waals surface area (Å²) in [6.45, 7) is 1.56. The number of halogens is 1. The largest absolute Gasteiger partial charge is 0.479 e. The van der Waals surface area contributed by atoms with Crippen LogP contribution in [0.25, 0.3) is 6.08 Å². The van der Waals surface area contributed by atoms with Crippen LogP contribution in [0.3, 0.4) is 0 Å². The molecule has 0 N–H and O–H groups in total. The zero-order chi connectivity index (χ0) is 18.0. The fourth-order valence-corrected chi connectivity index (χ4v) is 2.41. The Morgan fingerprint density at radius 1 is 1.24 bits per heavy atom. The highest BCUT2D eigenvalue weighted by atomic mass is 19.1. The number of ketones is 1. The van der Waals surface area contributed by atoms with Gasteiger partial charge in [-0.05, 0) is 42.8 Å². The van der Waals surface area contributed by atoms with E-state index in [1.165, 1.54) is 31.4 Å². The number of ether oxygens (including phenoxy) is 3. The molecule has 0 aromatic heterocycles. The smallest absolute Gasteiger partial charge is 0.346 e. The van der Waals surface area contributed by atoms with Crippen LogP contribution in [0.5, 0.6) is 11.5 Å². The molecule has 2 aromatic carbocycles. The molecule has 1 atom stereocenters. The Bertz CT molecular complexity index is 872. The van der Waals surface area contributed by atoms with Crippen molar-refractivity contribution >= 4 is 17.8 Å². The molecule has 2 aromatic rings. The number of methoxy groups -OCH3 is 1. The summed E-state index contributed by atoms with van der Waals surface area (Å²) >= 11 is 0. The average molecular weight is 342 g/mol. The molecule has 0 saturated carbocycles. The van der Waals surface area contributed by atoms with E-state index < -0.39 is 17.9 Å². The summed E-state index contributed by atoms with van der Waals surface area (Å²) in [6.07, 6.45) is 0.686. The van der Waals surface area contributed by atoms with Gasteiger partial charge < -0.3 is 14.2 Å². The van der Waals surface area contributed by atoms with E-state index in [1.54, 1.807) is 31.2 Å². The molecule has 1 heterocycles. The maximum Gasteiger partial charge on any atom is 0.346 e. The molecule has 6 heteroatoms. The molecule has 1 unspecified atom stereocenters. The zero-order valence-corrected chi connectivity index (χ0v) is 13.6. The minimum atomic E-state index is -0.789. The zero-order valence-electron chi connectivity index (χ0n) is 13.6. The van der Waals surface area contributed by atoms with E-state index in [2.05, 4.69) is 4.74 Å². The number of Topliss-reactive ketones (excluding diaryl/α,β-unsaturated/α-hetero) is 1. The molecule has 5 nitrogen and oxygen atoms in total. The lowest BCUT2D eigenvalue weighted by molar-refractivity contribution is -0.147. The van der Waals surface area contributed by atoms with Crippen LogP contribution in [0.4, 0.5) is 4.39 Å².